The summed E-state index contributed by atoms with van der Waals surface area (Å²) < 4.78 is 40.0. The van der Waals surface area contributed by atoms with E-state index in [2.05, 4.69) is 25.3 Å². The number of aromatic amines is 1. The molecule has 0 unspecified atom stereocenters. The highest BCUT2D eigenvalue weighted by Gasteiger charge is 2.34. The molecule has 6 nitrogen and oxygen atoms in total. The summed E-state index contributed by atoms with van der Waals surface area (Å²) >= 11 is 1.10. The standard InChI is InChI=1S/C20H14F3N5OS/c21-20(22,23)13-8-4-5-9-14(13)28-18(29)16(12-6-2-1-3-7-12)30-19-15-17(25-10-24-15)26-11-27-19/h1-11,16H,(H,28,29)(H,24,25,26,27)/t16-/m0/s1. The molecule has 0 saturated carbocycles. The van der Waals surface area contributed by atoms with Gasteiger partial charge in [0.1, 0.15) is 22.1 Å². The number of nitrogens with zero attached hydrogens (tertiary/aromatic N) is 3. The predicted molar refractivity (Wildman–Crippen MR) is 107 cm³/mol. The summed E-state index contributed by atoms with van der Waals surface area (Å²) in [5.41, 5.74) is 0.392. The van der Waals surface area contributed by atoms with Crippen LogP contribution in [-0.2, 0) is 11.0 Å². The fourth-order valence-electron chi connectivity index (χ4n) is 2.88. The molecule has 10 heteroatoms. The summed E-state index contributed by atoms with van der Waals surface area (Å²) in [5, 5.41) is 2.04. The van der Waals surface area contributed by atoms with Gasteiger partial charge in [-0.05, 0) is 17.7 Å². The van der Waals surface area contributed by atoms with Gasteiger partial charge < -0.3 is 10.3 Å². The first-order valence-electron chi connectivity index (χ1n) is 8.76. The maximum Gasteiger partial charge on any atom is 0.418 e. The van der Waals surface area contributed by atoms with Crippen molar-refractivity contribution >= 4 is 34.5 Å². The van der Waals surface area contributed by atoms with Crippen molar-refractivity contribution in [3.8, 4) is 0 Å². The molecule has 4 rings (SSSR count). The number of nitrogens with one attached hydrogen (secondary N) is 2. The number of para-hydroxylation sites is 1. The molecule has 2 aromatic heterocycles. The fraction of sp³-hybridized carbons (Fsp3) is 0.100. The smallest absolute Gasteiger partial charge is 0.341 e. The lowest BCUT2D eigenvalue weighted by Crippen LogP contribution is -2.21. The molecule has 1 atom stereocenters. The molecule has 4 aromatic rings. The summed E-state index contributed by atoms with van der Waals surface area (Å²) in [6.45, 7) is 0. The number of benzene rings is 2. The minimum Gasteiger partial charge on any atom is -0.341 e. The van der Waals surface area contributed by atoms with Crippen LogP contribution in [-0.4, -0.2) is 25.8 Å². The number of rotatable bonds is 5. The molecule has 2 heterocycles. The number of imidazole rings is 1. The highest BCUT2D eigenvalue weighted by Crippen LogP contribution is 2.39. The Labute approximate surface area is 173 Å². The summed E-state index contributed by atoms with van der Waals surface area (Å²) in [6, 6.07) is 13.6. The molecule has 0 saturated heterocycles. The summed E-state index contributed by atoms with van der Waals surface area (Å²) in [7, 11) is 0. The van der Waals surface area contributed by atoms with Gasteiger partial charge in [0.25, 0.3) is 0 Å². The number of halogens is 3. The first-order chi connectivity index (χ1) is 14.4. The highest BCUT2D eigenvalue weighted by atomic mass is 32.2. The fourth-order valence-corrected chi connectivity index (χ4v) is 3.94. The number of thioether (sulfide) groups is 1. The van der Waals surface area contributed by atoms with Crippen molar-refractivity contribution < 1.29 is 18.0 Å². The number of alkyl halides is 3. The summed E-state index contributed by atoms with van der Waals surface area (Å²) in [6.07, 6.45) is -1.81. The number of H-pyrrole nitrogens is 1. The van der Waals surface area contributed by atoms with Gasteiger partial charge in [0, 0.05) is 0 Å². The second kappa shape index (κ2) is 8.15. The largest absolute Gasteiger partial charge is 0.418 e. The summed E-state index contributed by atoms with van der Waals surface area (Å²) in [5.74, 6) is -0.603. The van der Waals surface area contributed by atoms with Crippen molar-refractivity contribution in [3.05, 3.63) is 78.4 Å². The maximum absolute atomic E-state index is 13.3. The minimum absolute atomic E-state index is 0.300. The number of carbonyl (C=O) groups is 1. The molecule has 0 aliphatic rings. The molecule has 2 N–H and O–H groups in total. The van der Waals surface area contributed by atoms with E-state index in [1.807, 2.05) is 0 Å². The maximum atomic E-state index is 13.3. The van der Waals surface area contributed by atoms with Crippen LogP contribution in [0, 0.1) is 0 Å². The van der Waals surface area contributed by atoms with E-state index in [4.69, 9.17) is 0 Å². The quantitative estimate of drug-likeness (QED) is 0.350. The number of fused-ring (bicyclic) bond motifs is 1. The third-order valence-corrected chi connectivity index (χ3v) is 5.50. The van der Waals surface area contributed by atoms with Crippen LogP contribution in [0.3, 0.4) is 0 Å². The zero-order valence-electron chi connectivity index (χ0n) is 15.2. The van der Waals surface area contributed by atoms with Crippen LogP contribution in [0.15, 0.2) is 72.3 Å². The molecule has 30 heavy (non-hydrogen) atoms. The van der Waals surface area contributed by atoms with Gasteiger partial charge in [-0.1, -0.05) is 54.2 Å². The van der Waals surface area contributed by atoms with E-state index in [0.29, 0.717) is 21.8 Å². The van der Waals surface area contributed by atoms with Crippen LogP contribution in [0.5, 0.6) is 0 Å². The minimum atomic E-state index is -4.59. The van der Waals surface area contributed by atoms with E-state index < -0.39 is 22.9 Å². The average molecular weight is 429 g/mol. The van der Waals surface area contributed by atoms with Gasteiger partial charge in [-0.25, -0.2) is 15.0 Å². The molecule has 0 aliphatic heterocycles. The Balaban J connectivity index is 1.69. The molecule has 0 aliphatic carbocycles. The number of amides is 1. The summed E-state index contributed by atoms with van der Waals surface area (Å²) in [4.78, 5) is 28.3. The van der Waals surface area contributed by atoms with Crippen molar-refractivity contribution in [2.45, 2.75) is 16.5 Å². The Hall–Kier alpha value is -3.40. The molecule has 0 radical (unpaired) electrons. The number of aromatic nitrogens is 4. The van der Waals surface area contributed by atoms with Gasteiger partial charge in [0.15, 0.2) is 5.65 Å². The van der Waals surface area contributed by atoms with Crippen LogP contribution in [0.25, 0.3) is 11.2 Å². The molecule has 152 valence electrons. The average Bonchev–Trinajstić information content (AvgIpc) is 3.22. The number of anilines is 1. The monoisotopic (exact) mass is 429 g/mol. The van der Waals surface area contributed by atoms with Crippen LogP contribution in [0.2, 0.25) is 0 Å². The van der Waals surface area contributed by atoms with Crippen molar-refractivity contribution in [2.24, 2.45) is 0 Å². The van der Waals surface area contributed by atoms with Gasteiger partial charge in [0.2, 0.25) is 5.91 Å². The molecular weight excluding hydrogens is 415 g/mol. The molecule has 2 aromatic carbocycles. The molecule has 0 fully saturated rings. The van der Waals surface area contributed by atoms with Gasteiger partial charge in [-0.15, -0.1) is 0 Å². The molecule has 0 bridgehead atoms. The molecule has 0 spiro atoms. The zero-order chi connectivity index (χ0) is 21.1. The van der Waals surface area contributed by atoms with Crippen LogP contribution in [0.1, 0.15) is 16.4 Å². The van der Waals surface area contributed by atoms with Gasteiger partial charge >= 0.3 is 6.18 Å². The lowest BCUT2D eigenvalue weighted by molar-refractivity contribution is -0.137. The Morgan fingerprint density at radius 1 is 1.00 bits per heavy atom. The van der Waals surface area contributed by atoms with Crippen LogP contribution < -0.4 is 5.32 Å². The van der Waals surface area contributed by atoms with E-state index in [1.54, 1.807) is 30.3 Å². The van der Waals surface area contributed by atoms with E-state index in [9.17, 15) is 18.0 Å². The van der Waals surface area contributed by atoms with Gasteiger partial charge in [-0.3, -0.25) is 4.79 Å². The zero-order valence-corrected chi connectivity index (χ0v) is 16.0. The number of hydrogen-bond acceptors (Lipinski definition) is 5. The second-order valence-electron chi connectivity index (χ2n) is 6.22. The van der Waals surface area contributed by atoms with E-state index in [1.165, 1.54) is 30.9 Å². The van der Waals surface area contributed by atoms with Crippen LogP contribution >= 0.6 is 11.8 Å². The second-order valence-corrected chi connectivity index (χ2v) is 7.31. The first kappa shape index (κ1) is 19.9. The SMILES string of the molecule is O=C(Nc1ccccc1C(F)(F)F)[C@@H](Sc1ncnc2nc[nH]c12)c1ccccc1. The number of carbonyl (C=O) groups excluding carboxylic acids is 1. The Kier molecular flexibility index (Phi) is 5.40. The van der Waals surface area contributed by atoms with Gasteiger partial charge in [-0.2, -0.15) is 13.2 Å². The van der Waals surface area contributed by atoms with Crippen molar-refractivity contribution in [3.63, 3.8) is 0 Å². The number of hydrogen-bond donors (Lipinski definition) is 2. The third kappa shape index (κ3) is 4.13. The van der Waals surface area contributed by atoms with Crippen molar-refractivity contribution in [1.29, 1.82) is 0 Å². The van der Waals surface area contributed by atoms with E-state index >= 15 is 0 Å². The molecular formula is C20H14F3N5OS. The van der Waals surface area contributed by atoms with Crippen LogP contribution in [0.4, 0.5) is 18.9 Å². The Morgan fingerprint density at radius 2 is 1.73 bits per heavy atom. The normalized spacial score (nSPS) is 12.6. The topological polar surface area (TPSA) is 83.6 Å². The van der Waals surface area contributed by atoms with E-state index in [0.717, 1.165) is 17.8 Å². The van der Waals surface area contributed by atoms with Crippen molar-refractivity contribution in [2.75, 3.05) is 5.32 Å². The lowest BCUT2D eigenvalue weighted by atomic mass is 10.1. The first-order valence-corrected chi connectivity index (χ1v) is 9.64. The van der Waals surface area contributed by atoms with E-state index in [-0.39, 0.29) is 5.69 Å². The van der Waals surface area contributed by atoms with Gasteiger partial charge in [0.05, 0.1) is 17.6 Å². The predicted octanol–water partition coefficient (Wildman–Crippen LogP) is 4.84. The van der Waals surface area contributed by atoms with Crippen molar-refractivity contribution in [1.82, 2.24) is 19.9 Å². The Bertz CT molecular complexity index is 1180. The highest BCUT2D eigenvalue weighted by molar-refractivity contribution is 8.00. The lowest BCUT2D eigenvalue weighted by Gasteiger charge is -2.19. The Morgan fingerprint density at radius 3 is 2.50 bits per heavy atom. The molecule has 1 amide bonds. The third-order valence-electron chi connectivity index (χ3n) is 4.25.